The quantitative estimate of drug-likeness (QED) is 0.151. The maximum atomic E-state index is 13.9. The van der Waals surface area contributed by atoms with E-state index in [0.29, 0.717) is 47.9 Å². The first kappa shape index (κ1) is 33.6. The molecular weight excluding hydrogens is 689 g/mol. The molecule has 8 rings (SSSR count). The van der Waals surface area contributed by atoms with Crippen LogP contribution in [0.25, 0.3) is 22.8 Å². The van der Waals surface area contributed by atoms with Crippen molar-refractivity contribution in [3.63, 3.8) is 0 Å². The number of hydrogen-bond donors (Lipinski definition) is 0. The van der Waals surface area contributed by atoms with E-state index in [-0.39, 0.29) is 28.7 Å². The smallest absolute Gasteiger partial charge is 0.316 e. The van der Waals surface area contributed by atoms with E-state index in [0.717, 1.165) is 46.9 Å². The standard InChI is InChI=1S/C18H14ClF2N3O2.C18H16ClN3O2/c1-9-2-16(26-24-9)15-7-23-17(8-22-15)25-12-3-10(4-12)18-13(20)5-11(19)6-14(18)21;1-11-6-17(24-22-11)14-9-20-18(21-10-14)23-16-7-13(8-16)12-2-4-15(19)5-3-12/h2,5-8,10,12H,3-4H2,1H3;2-6,9-10,13,16H,7-8H2,1H3. The minimum atomic E-state index is -0.620. The van der Waals surface area contributed by atoms with Gasteiger partial charge in [-0.25, -0.2) is 28.7 Å². The van der Waals surface area contributed by atoms with Gasteiger partial charge in [0.1, 0.15) is 29.5 Å². The summed E-state index contributed by atoms with van der Waals surface area (Å²) < 4.78 is 49.7. The molecule has 2 fully saturated rings. The summed E-state index contributed by atoms with van der Waals surface area (Å²) in [5.41, 5.74) is 4.29. The Morgan fingerprint density at radius 3 is 1.84 bits per heavy atom. The van der Waals surface area contributed by atoms with Crippen LogP contribution in [0.5, 0.6) is 11.9 Å². The van der Waals surface area contributed by atoms with Crippen molar-refractivity contribution >= 4 is 23.2 Å². The lowest BCUT2D eigenvalue weighted by atomic mass is 9.77. The monoisotopic (exact) mass is 718 g/mol. The molecule has 0 atom stereocenters. The van der Waals surface area contributed by atoms with Gasteiger partial charge in [0.2, 0.25) is 5.88 Å². The number of halogens is 4. The van der Waals surface area contributed by atoms with E-state index in [9.17, 15) is 8.78 Å². The number of nitrogens with zero attached hydrogens (tertiary/aromatic N) is 6. The molecule has 2 aromatic carbocycles. The zero-order chi connectivity index (χ0) is 34.8. The fourth-order valence-electron chi connectivity index (χ4n) is 5.82. The molecule has 0 amide bonds. The van der Waals surface area contributed by atoms with E-state index < -0.39 is 11.6 Å². The van der Waals surface area contributed by atoms with Crippen molar-refractivity contribution in [3.8, 4) is 34.7 Å². The van der Waals surface area contributed by atoms with E-state index in [2.05, 4.69) is 42.4 Å². The third kappa shape index (κ3) is 7.76. The van der Waals surface area contributed by atoms with Gasteiger partial charge in [0.15, 0.2) is 11.5 Å². The van der Waals surface area contributed by atoms with Crippen molar-refractivity contribution < 1.29 is 27.3 Å². The van der Waals surface area contributed by atoms with E-state index in [1.807, 2.05) is 32.0 Å². The minimum Gasteiger partial charge on any atom is -0.473 e. The van der Waals surface area contributed by atoms with Gasteiger partial charge < -0.3 is 18.5 Å². The number of benzene rings is 2. The van der Waals surface area contributed by atoms with Crippen LogP contribution in [0.4, 0.5) is 8.78 Å². The molecule has 0 unspecified atom stereocenters. The van der Waals surface area contributed by atoms with E-state index in [4.69, 9.17) is 41.7 Å². The predicted octanol–water partition coefficient (Wildman–Crippen LogP) is 9.12. The highest BCUT2D eigenvalue weighted by Gasteiger charge is 2.36. The Balaban J connectivity index is 0.000000157. The van der Waals surface area contributed by atoms with Crippen molar-refractivity contribution in [1.82, 2.24) is 30.2 Å². The lowest BCUT2D eigenvalue weighted by molar-refractivity contribution is 0.0881. The second-order valence-electron chi connectivity index (χ2n) is 12.3. The van der Waals surface area contributed by atoms with Gasteiger partial charge in [-0.1, -0.05) is 45.6 Å². The summed E-state index contributed by atoms with van der Waals surface area (Å²) in [5.74, 6) is 0.579. The second kappa shape index (κ2) is 14.5. The van der Waals surface area contributed by atoms with Gasteiger partial charge in [-0.2, -0.15) is 0 Å². The van der Waals surface area contributed by atoms with E-state index in [1.54, 1.807) is 18.5 Å². The predicted molar refractivity (Wildman–Crippen MR) is 180 cm³/mol. The minimum absolute atomic E-state index is 0.0492. The van der Waals surface area contributed by atoms with E-state index >= 15 is 0 Å². The molecule has 4 aromatic heterocycles. The molecule has 0 radical (unpaired) electrons. The topological polar surface area (TPSA) is 122 Å². The molecule has 6 aromatic rings. The molecule has 0 spiro atoms. The molecule has 4 heterocycles. The summed E-state index contributed by atoms with van der Waals surface area (Å²) in [5, 5.41) is 8.47. The van der Waals surface area contributed by atoms with Crippen LogP contribution in [0.2, 0.25) is 10.0 Å². The zero-order valence-electron chi connectivity index (χ0n) is 26.9. The lowest BCUT2D eigenvalue weighted by Gasteiger charge is -2.35. The summed E-state index contributed by atoms with van der Waals surface area (Å²) in [6, 6.07) is 14.3. The highest BCUT2D eigenvalue weighted by molar-refractivity contribution is 6.30. The van der Waals surface area contributed by atoms with Crippen molar-refractivity contribution in [2.75, 3.05) is 0 Å². The van der Waals surface area contributed by atoms with Crippen LogP contribution in [-0.2, 0) is 0 Å². The van der Waals surface area contributed by atoms with Crippen molar-refractivity contribution in [3.05, 3.63) is 118 Å². The third-order valence-electron chi connectivity index (χ3n) is 8.59. The third-order valence-corrected chi connectivity index (χ3v) is 9.06. The molecule has 0 N–H and O–H groups in total. The lowest BCUT2D eigenvalue weighted by Crippen LogP contribution is -2.33. The number of aryl methyl sites for hydroxylation is 2. The Kier molecular flexibility index (Phi) is 9.73. The molecule has 256 valence electrons. The second-order valence-corrected chi connectivity index (χ2v) is 13.2. The molecule has 0 bridgehead atoms. The summed E-state index contributed by atoms with van der Waals surface area (Å²) in [4.78, 5) is 16.9. The average molecular weight is 720 g/mol. The van der Waals surface area contributed by atoms with Crippen molar-refractivity contribution in [2.24, 2.45) is 0 Å². The first-order chi connectivity index (χ1) is 24.2. The van der Waals surface area contributed by atoms with Crippen LogP contribution in [-0.4, -0.2) is 42.5 Å². The largest absolute Gasteiger partial charge is 0.473 e. The molecule has 10 nitrogen and oxygen atoms in total. The summed E-state index contributed by atoms with van der Waals surface area (Å²) in [7, 11) is 0. The Morgan fingerprint density at radius 2 is 1.26 bits per heavy atom. The van der Waals surface area contributed by atoms with Crippen LogP contribution >= 0.6 is 23.2 Å². The molecule has 2 aliphatic rings. The van der Waals surface area contributed by atoms with Gasteiger partial charge in [0, 0.05) is 40.1 Å². The molecule has 2 aliphatic carbocycles. The maximum Gasteiger partial charge on any atom is 0.316 e. The van der Waals surface area contributed by atoms with Gasteiger partial charge in [-0.15, -0.1) is 0 Å². The highest BCUT2D eigenvalue weighted by atomic mass is 35.5. The molecule has 2 saturated carbocycles. The number of hydrogen-bond acceptors (Lipinski definition) is 10. The number of rotatable bonds is 8. The summed E-state index contributed by atoms with van der Waals surface area (Å²) in [6.07, 6.45) is 9.33. The Bertz CT molecular complexity index is 2040. The molecular formula is C36H30Cl2F2N6O4. The Hall–Kier alpha value is -4.94. The van der Waals surface area contributed by atoms with Crippen LogP contribution in [0.1, 0.15) is 60.0 Å². The van der Waals surface area contributed by atoms with Gasteiger partial charge >= 0.3 is 6.01 Å². The molecule has 14 heteroatoms. The maximum absolute atomic E-state index is 13.9. The first-order valence-corrected chi connectivity index (χ1v) is 16.7. The van der Waals surface area contributed by atoms with Gasteiger partial charge in [-0.05, 0) is 81.2 Å². The zero-order valence-corrected chi connectivity index (χ0v) is 28.4. The fraction of sp³-hybridized carbons (Fsp3) is 0.278. The Morgan fingerprint density at radius 1 is 0.660 bits per heavy atom. The number of aromatic nitrogens is 6. The number of ether oxygens (including phenoxy) is 2. The van der Waals surface area contributed by atoms with Gasteiger partial charge in [0.25, 0.3) is 0 Å². The van der Waals surface area contributed by atoms with E-state index in [1.165, 1.54) is 18.0 Å². The Labute approximate surface area is 295 Å². The van der Waals surface area contributed by atoms with Gasteiger partial charge in [0.05, 0.1) is 29.3 Å². The van der Waals surface area contributed by atoms with Crippen molar-refractivity contribution in [1.29, 1.82) is 0 Å². The average Bonchev–Trinajstić information content (AvgIpc) is 3.70. The summed E-state index contributed by atoms with van der Waals surface area (Å²) in [6.45, 7) is 3.69. The molecule has 50 heavy (non-hydrogen) atoms. The van der Waals surface area contributed by atoms with Crippen LogP contribution in [0, 0.1) is 25.5 Å². The molecule has 0 saturated heterocycles. The van der Waals surface area contributed by atoms with Crippen LogP contribution in [0.15, 0.2) is 82.4 Å². The van der Waals surface area contributed by atoms with Crippen LogP contribution < -0.4 is 9.47 Å². The summed E-state index contributed by atoms with van der Waals surface area (Å²) >= 11 is 11.6. The normalized spacial score (nSPS) is 19.5. The van der Waals surface area contributed by atoms with Gasteiger partial charge in [-0.3, -0.25) is 0 Å². The SMILES string of the molecule is Cc1cc(-c2cnc(OC3CC(c4c(F)cc(Cl)cc4F)C3)cn2)on1.Cc1cc(-c2cnc(OC3CC(c4ccc(Cl)cc4)C3)nc2)on1. The van der Waals surface area contributed by atoms with Crippen molar-refractivity contribution in [2.45, 2.75) is 63.6 Å². The van der Waals surface area contributed by atoms with Crippen LogP contribution in [0.3, 0.4) is 0 Å². The first-order valence-electron chi connectivity index (χ1n) is 15.9. The molecule has 0 aliphatic heterocycles. The highest BCUT2D eigenvalue weighted by Crippen LogP contribution is 2.42. The fourth-order valence-corrected chi connectivity index (χ4v) is 6.14.